The summed E-state index contributed by atoms with van der Waals surface area (Å²) < 4.78 is 1.04. The Bertz CT molecular complexity index is 870. The van der Waals surface area contributed by atoms with Gasteiger partial charge in [-0.3, -0.25) is 9.59 Å². The van der Waals surface area contributed by atoms with Crippen molar-refractivity contribution in [3.8, 4) is 0 Å². The summed E-state index contributed by atoms with van der Waals surface area (Å²) in [4.78, 5) is 28.6. The summed E-state index contributed by atoms with van der Waals surface area (Å²) >= 11 is 3.49. The highest BCUT2D eigenvalue weighted by Crippen LogP contribution is 2.63. The molecule has 4 unspecified atom stereocenters. The molecule has 0 spiro atoms. The minimum absolute atomic E-state index is 0.0279. The number of carbonyl (C=O) groups excluding carboxylic acids is 2. The normalized spacial score (nSPS) is 43.2. The van der Waals surface area contributed by atoms with Crippen molar-refractivity contribution in [2.75, 3.05) is 0 Å². The highest BCUT2D eigenvalue weighted by molar-refractivity contribution is 9.10. The average Bonchev–Trinajstić information content (AvgIpc) is 3.00. The molecule has 4 nitrogen and oxygen atoms in total. The van der Waals surface area contributed by atoms with Gasteiger partial charge in [-0.1, -0.05) is 41.9 Å². The van der Waals surface area contributed by atoms with Crippen LogP contribution in [0.4, 0.5) is 0 Å². The minimum Gasteiger partial charge on any atom is -0.393 e. The largest absolute Gasteiger partial charge is 0.393 e. The van der Waals surface area contributed by atoms with E-state index in [0.717, 1.165) is 42.1 Å². The molecule has 1 saturated heterocycles. The van der Waals surface area contributed by atoms with Crippen molar-refractivity contribution in [1.29, 1.82) is 0 Å². The van der Waals surface area contributed by atoms with Gasteiger partial charge in [0, 0.05) is 41.2 Å². The first kappa shape index (κ1) is 20.7. The molecule has 3 saturated carbocycles. The molecule has 4 fully saturated rings. The van der Waals surface area contributed by atoms with Crippen LogP contribution in [0.15, 0.2) is 28.7 Å². The molecule has 1 heterocycles. The second-order valence-corrected chi connectivity index (χ2v) is 11.7. The molecular formula is C25H32BrNO3. The number of aliphatic hydroxyl groups excluding tert-OH is 1. The highest BCUT2D eigenvalue weighted by Gasteiger charge is 2.64. The predicted molar refractivity (Wildman–Crippen MR) is 118 cm³/mol. The van der Waals surface area contributed by atoms with E-state index in [0.29, 0.717) is 37.0 Å². The smallest absolute Gasteiger partial charge is 0.223 e. The van der Waals surface area contributed by atoms with Crippen LogP contribution < -0.4 is 0 Å². The summed E-state index contributed by atoms with van der Waals surface area (Å²) in [7, 11) is 0. The van der Waals surface area contributed by atoms with E-state index in [9.17, 15) is 14.7 Å². The van der Waals surface area contributed by atoms with Crippen molar-refractivity contribution in [3.05, 3.63) is 34.3 Å². The number of fused-ring (bicyclic) bond motifs is 5. The Labute approximate surface area is 187 Å². The lowest BCUT2D eigenvalue weighted by molar-refractivity contribution is -0.173. The van der Waals surface area contributed by atoms with Crippen LogP contribution in [-0.2, 0) is 16.1 Å². The van der Waals surface area contributed by atoms with Gasteiger partial charge in [-0.15, -0.1) is 0 Å². The van der Waals surface area contributed by atoms with Crippen molar-refractivity contribution in [1.82, 2.24) is 4.90 Å². The van der Waals surface area contributed by atoms with Crippen molar-refractivity contribution in [2.45, 2.75) is 77.5 Å². The van der Waals surface area contributed by atoms with Crippen molar-refractivity contribution < 1.29 is 14.7 Å². The number of Topliss-reactive ketones (excluding diaryl/α,β-unsaturated/α-hetero) is 1. The third-order valence-corrected chi connectivity index (χ3v) is 9.82. The zero-order valence-corrected chi connectivity index (χ0v) is 19.5. The molecule has 4 aliphatic rings. The molecule has 5 heteroatoms. The average molecular weight is 474 g/mol. The van der Waals surface area contributed by atoms with E-state index >= 15 is 0 Å². The number of nitrogens with zero attached hydrogens (tertiary/aromatic N) is 1. The van der Waals surface area contributed by atoms with E-state index in [1.165, 1.54) is 0 Å². The third-order valence-electron chi connectivity index (χ3n) is 9.29. The summed E-state index contributed by atoms with van der Waals surface area (Å²) in [6.07, 6.45) is 5.32. The van der Waals surface area contributed by atoms with Gasteiger partial charge < -0.3 is 10.0 Å². The number of benzene rings is 1. The number of amides is 1. The van der Waals surface area contributed by atoms with Crippen molar-refractivity contribution >= 4 is 27.6 Å². The molecule has 5 rings (SSSR count). The fourth-order valence-electron chi connectivity index (χ4n) is 7.78. The molecule has 3 aliphatic carbocycles. The van der Waals surface area contributed by atoms with Crippen LogP contribution in [0.3, 0.4) is 0 Å². The van der Waals surface area contributed by atoms with E-state index in [1.807, 2.05) is 12.1 Å². The maximum absolute atomic E-state index is 13.5. The highest BCUT2D eigenvalue weighted by atomic mass is 79.9. The van der Waals surface area contributed by atoms with Gasteiger partial charge in [0.25, 0.3) is 0 Å². The molecular weight excluding hydrogens is 442 g/mol. The fourth-order valence-corrected chi connectivity index (χ4v) is 8.04. The van der Waals surface area contributed by atoms with Gasteiger partial charge in [-0.25, -0.2) is 0 Å². The number of aliphatic hydroxyl groups is 1. The maximum Gasteiger partial charge on any atom is 0.223 e. The van der Waals surface area contributed by atoms with Gasteiger partial charge in [0.1, 0.15) is 5.78 Å². The number of piperidine rings is 1. The quantitative estimate of drug-likeness (QED) is 0.675. The molecule has 7 atom stereocenters. The van der Waals surface area contributed by atoms with Crippen molar-refractivity contribution in [2.24, 2.45) is 28.6 Å². The number of halogens is 1. The van der Waals surface area contributed by atoms with Gasteiger partial charge in [-0.05, 0) is 67.1 Å². The van der Waals surface area contributed by atoms with Crippen LogP contribution in [0.5, 0.6) is 0 Å². The van der Waals surface area contributed by atoms with Gasteiger partial charge >= 0.3 is 0 Å². The van der Waals surface area contributed by atoms with Crippen molar-refractivity contribution in [3.63, 3.8) is 0 Å². The summed E-state index contributed by atoms with van der Waals surface area (Å²) in [5.41, 5.74) is 0.737. The standard InChI is InChI=1S/C25H32BrNO3/c1-24-12-11-22(30)27(14-15-3-5-16(26)6-4-15)20(24)9-7-17-18-8-10-21(29)25(18,2)13-19(28)23(17)24/h3-6,17-18,20-21,23,29H,7-14H2,1-2H3/t17-,18-,20?,21?,23+,24?,25?/m0/s1. The topological polar surface area (TPSA) is 57.6 Å². The Morgan fingerprint density at radius 3 is 2.53 bits per heavy atom. The second kappa shape index (κ2) is 7.16. The Balaban J connectivity index is 1.46. The van der Waals surface area contributed by atoms with Crippen LogP contribution in [-0.4, -0.2) is 33.8 Å². The van der Waals surface area contributed by atoms with Gasteiger partial charge in [0.15, 0.2) is 0 Å². The van der Waals surface area contributed by atoms with Gasteiger partial charge in [-0.2, -0.15) is 0 Å². The van der Waals surface area contributed by atoms with E-state index in [-0.39, 0.29) is 34.8 Å². The monoisotopic (exact) mass is 473 g/mol. The summed E-state index contributed by atoms with van der Waals surface area (Å²) in [6, 6.07) is 8.33. The zero-order chi connectivity index (χ0) is 21.3. The lowest BCUT2D eigenvalue weighted by Crippen LogP contribution is -2.64. The molecule has 1 aromatic rings. The Hall–Kier alpha value is -1.20. The first-order valence-corrected chi connectivity index (χ1v) is 12.3. The predicted octanol–water partition coefficient (Wildman–Crippen LogP) is 4.72. The zero-order valence-electron chi connectivity index (χ0n) is 17.9. The Morgan fingerprint density at radius 2 is 1.80 bits per heavy atom. The number of hydrogen-bond donors (Lipinski definition) is 1. The first-order chi connectivity index (χ1) is 14.2. The molecule has 1 amide bonds. The number of carbonyl (C=O) groups is 2. The van der Waals surface area contributed by atoms with E-state index < -0.39 is 0 Å². The number of rotatable bonds is 2. The molecule has 1 N–H and O–H groups in total. The maximum atomic E-state index is 13.5. The molecule has 0 radical (unpaired) electrons. The lowest BCUT2D eigenvalue weighted by atomic mass is 9.47. The number of hydrogen-bond acceptors (Lipinski definition) is 3. The number of likely N-dealkylation sites (tertiary alicyclic amines) is 1. The van der Waals surface area contributed by atoms with Crippen LogP contribution >= 0.6 is 15.9 Å². The summed E-state index contributed by atoms with van der Waals surface area (Å²) in [5, 5.41) is 10.6. The Kier molecular flexibility index (Phi) is 4.94. The lowest BCUT2D eigenvalue weighted by Gasteiger charge is -2.61. The molecule has 0 aromatic heterocycles. The van der Waals surface area contributed by atoms with Crippen LogP contribution in [0, 0.1) is 28.6 Å². The summed E-state index contributed by atoms with van der Waals surface area (Å²) in [6.45, 7) is 5.04. The van der Waals surface area contributed by atoms with E-state index in [4.69, 9.17) is 0 Å². The number of ketones is 1. The van der Waals surface area contributed by atoms with E-state index in [1.54, 1.807) is 0 Å². The Morgan fingerprint density at radius 1 is 1.07 bits per heavy atom. The first-order valence-electron chi connectivity index (χ1n) is 11.5. The fraction of sp³-hybridized carbons (Fsp3) is 0.680. The van der Waals surface area contributed by atoms with E-state index in [2.05, 4.69) is 46.8 Å². The molecule has 0 bridgehead atoms. The molecule has 1 aliphatic heterocycles. The third kappa shape index (κ3) is 2.95. The second-order valence-electron chi connectivity index (χ2n) is 10.7. The van der Waals surface area contributed by atoms with Crippen LogP contribution in [0.2, 0.25) is 0 Å². The molecule has 1 aromatic carbocycles. The molecule has 162 valence electrons. The summed E-state index contributed by atoms with van der Waals surface area (Å²) in [5.74, 6) is 1.39. The van der Waals surface area contributed by atoms with Gasteiger partial charge in [0.05, 0.1) is 6.10 Å². The van der Waals surface area contributed by atoms with Gasteiger partial charge in [0.2, 0.25) is 5.91 Å². The minimum atomic E-state index is -0.347. The van der Waals surface area contributed by atoms with Crippen LogP contribution in [0.25, 0.3) is 0 Å². The molecule has 30 heavy (non-hydrogen) atoms. The SMILES string of the molecule is CC12CC(=O)[C@H]3[C@@H](CCC4N(Cc5ccc(Br)cc5)C(=O)CCC43C)[C@@H]1CCC2O. The van der Waals surface area contributed by atoms with Crippen LogP contribution in [0.1, 0.15) is 64.4 Å².